The topological polar surface area (TPSA) is 125 Å². The van der Waals surface area contributed by atoms with Crippen molar-refractivity contribution in [2.45, 2.75) is 84.4 Å². The summed E-state index contributed by atoms with van der Waals surface area (Å²) in [4.78, 5) is 21.4. The largest absolute Gasteiger partial charge is 0.444 e. The Hall–Kier alpha value is -2.68. The fraction of sp³-hybridized carbons (Fsp3) is 0.636. The molecule has 3 rings (SSSR count). The van der Waals surface area contributed by atoms with E-state index in [4.69, 9.17) is 20.3 Å². The van der Waals surface area contributed by atoms with Crippen molar-refractivity contribution >= 4 is 23.0 Å². The maximum absolute atomic E-state index is 12.3. The molecule has 9 nitrogen and oxygen atoms in total. The molecule has 1 aliphatic carbocycles. The molecule has 2 atom stereocenters. The second-order valence-corrected chi connectivity index (χ2v) is 9.70. The number of nitrogens with one attached hydrogen (secondary N) is 3. The van der Waals surface area contributed by atoms with Crippen LogP contribution in [0.25, 0.3) is 11.0 Å². The molecule has 2 aromatic heterocycles. The number of aromatic nitrogens is 3. The number of imidazole rings is 1. The Bertz CT molecular complexity index is 947. The molecule has 1 saturated carbocycles. The van der Waals surface area contributed by atoms with E-state index < -0.39 is 5.60 Å². The van der Waals surface area contributed by atoms with Crippen molar-refractivity contribution in [2.24, 2.45) is 5.92 Å². The highest BCUT2D eigenvalue weighted by Gasteiger charge is 2.29. The Kier molecular flexibility index (Phi) is 6.83. The molecule has 9 heteroatoms. The van der Waals surface area contributed by atoms with Crippen LogP contribution in [0.15, 0.2) is 12.3 Å². The highest BCUT2D eigenvalue weighted by molar-refractivity contribution is 5.96. The summed E-state index contributed by atoms with van der Waals surface area (Å²) in [5.41, 5.74) is 3.35. The van der Waals surface area contributed by atoms with Crippen molar-refractivity contribution in [2.75, 3.05) is 0 Å². The first-order valence-corrected chi connectivity index (χ1v) is 10.9. The van der Waals surface area contributed by atoms with Gasteiger partial charge in [-0.2, -0.15) is 0 Å². The lowest BCUT2D eigenvalue weighted by atomic mass is 9.90. The molecular formula is C22H34N6O3. The van der Waals surface area contributed by atoms with Crippen molar-refractivity contribution in [3.05, 3.63) is 23.8 Å². The summed E-state index contributed by atoms with van der Waals surface area (Å²) in [5, 5.41) is 20.0. The van der Waals surface area contributed by atoms with Crippen LogP contribution in [0.3, 0.4) is 0 Å². The molecular weight excluding hydrogens is 396 g/mol. The zero-order valence-electron chi connectivity index (χ0n) is 19.0. The summed E-state index contributed by atoms with van der Waals surface area (Å²) in [6.07, 6.45) is 5.74. The summed E-state index contributed by atoms with van der Waals surface area (Å²) in [7, 11) is 0. The summed E-state index contributed by atoms with van der Waals surface area (Å²) in [5.74, 6) is 1.25. The highest BCUT2D eigenvalue weighted by Crippen LogP contribution is 2.33. The van der Waals surface area contributed by atoms with Crippen molar-refractivity contribution in [3.8, 4) is 0 Å². The monoisotopic (exact) mass is 430 g/mol. The van der Waals surface area contributed by atoms with E-state index in [9.17, 15) is 4.79 Å². The van der Waals surface area contributed by atoms with E-state index in [-0.39, 0.29) is 24.0 Å². The molecule has 0 saturated heterocycles. The molecule has 1 amide bonds. The lowest BCUT2D eigenvalue weighted by molar-refractivity contribution is 0.0486. The number of amides is 1. The van der Waals surface area contributed by atoms with Crippen LogP contribution in [0.4, 0.5) is 4.79 Å². The number of amidine groups is 1. The van der Waals surface area contributed by atoms with Gasteiger partial charge in [0.1, 0.15) is 22.6 Å². The third-order valence-electron chi connectivity index (χ3n) is 5.34. The maximum atomic E-state index is 12.3. The molecule has 0 aromatic carbocycles. The Morgan fingerprint density at radius 2 is 2.13 bits per heavy atom. The third kappa shape index (κ3) is 5.72. The highest BCUT2D eigenvalue weighted by atomic mass is 16.6. The fourth-order valence-corrected chi connectivity index (χ4v) is 4.16. The minimum atomic E-state index is -0.530. The normalized spacial score (nSPS) is 19.5. The Balaban J connectivity index is 1.91. The molecule has 0 unspecified atom stereocenters. The third-order valence-corrected chi connectivity index (χ3v) is 5.34. The molecule has 1 fully saturated rings. The number of hydroxylamine groups is 1. The van der Waals surface area contributed by atoms with Gasteiger partial charge in [-0.3, -0.25) is 21.1 Å². The van der Waals surface area contributed by atoms with E-state index >= 15 is 0 Å². The van der Waals surface area contributed by atoms with E-state index in [1.807, 2.05) is 26.3 Å². The van der Waals surface area contributed by atoms with Crippen LogP contribution in [0.1, 0.15) is 77.9 Å². The van der Waals surface area contributed by atoms with E-state index in [1.165, 1.54) is 0 Å². The molecule has 2 aromatic rings. The van der Waals surface area contributed by atoms with E-state index in [0.29, 0.717) is 11.6 Å². The number of ether oxygens (including phenoxy) is 1. The van der Waals surface area contributed by atoms with Crippen LogP contribution < -0.4 is 10.8 Å². The average molecular weight is 431 g/mol. The van der Waals surface area contributed by atoms with Crippen molar-refractivity contribution in [1.29, 1.82) is 5.41 Å². The maximum Gasteiger partial charge on any atom is 0.407 e. The number of pyridine rings is 1. The van der Waals surface area contributed by atoms with Crippen LogP contribution in [0.5, 0.6) is 0 Å². The van der Waals surface area contributed by atoms with Crippen LogP contribution in [-0.4, -0.2) is 43.3 Å². The van der Waals surface area contributed by atoms with E-state index in [2.05, 4.69) is 28.7 Å². The molecule has 0 spiro atoms. The van der Waals surface area contributed by atoms with Gasteiger partial charge in [0.15, 0.2) is 5.84 Å². The van der Waals surface area contributed by atoms with Crippen LogP contribution >= 0.6 is 0 Å². The number of hydrogen-bond acceptors (Lipinski definition) is 6. The molecule has 0 bridgehead atoms. The predicted octanol–water partition coefficient (Wildman–Crippen LogP) is 3.94. The lowest BCUT2D eigenvalue weighted by Crippen LogP contribution is -2.42. The summed E-state index contributed by atoms with van der Waals surface area (Å²) in [6.45, 7) is 9.89. The second kappa shape index (κ2) is 9.21. The zero-order chi connectivity index (χ0) is 22.8. The SMILES string of the molecule is CC(C)Cc1nc2cnc(C(=N)NO)cc2n1[C@@H]1CCC[C@H](NC(=O)OC(C)(C)C)C1. The van der Waals surface area contributed by atoms with Crippen molar-refractivity contribution in [1.82, 2.24) is 25.3 Å². The summed E-state index contributed by atoms with van der Waals surface area (Å²) >= 11 is 0. The Morgan fingerprint density at radius 3 is 2.77 bits per heavy atom. The Morgan fingerprint density at radius 1 is 1.39 bits per heavy atom. The van der Waals surface area contributed by atoms with Crippen LogP contribution in [0, 0.1) is 11.3 Å². The van der Waals surface area contributed by atoms with Gasteiger partial charge in [-0.15, -0.1) is 0 Å². The van der Waals surface area contributed by atoms with Gasteiger partial charge in [0.25, 0.3) is 0 Å². The van der Waals surface area contributed by atoms with Gasteiger partial charge >= 0.3 is 6.09 Å². The average Bonchev–Trinajstić information content (AvgIpc) is 3.02. The van der Waals surface area contributed by atoms with Gasteiger partial charge in [0.05, 0.1) is 11.7 Å². The molecule has 170 valence electrons. The number of nitrogens with zero attached hydrogens (tertiary/aromatic N) is 3. The van der Waals surface area contributed by atoms with Gasteiger partial charge in [0.2, 0.25) is 0 Å². The Labute approximate surface area is 183 Å². The van der Waals surface area contributed by atoms with Crippen LogP contribution in [-0.2, 0) is 11.2 Å². The van der Waals surface area contributed by atoms with Gasteiger partial charge < -0.3 is 14.6 Å². The standard InChI is InChI=1S/C22H34N6O3/c1-13(2)9-19-26-17-12-24-16(20(23)27-30)11-18(17)28(19)15-8-6-7-14(10-15)25-21(29)31-22(3,4)5/h11-15,30H,6-10H2,1-5H3,(H2,23,27)(H,25,29)/t14-,15+/m0/s1. The molecule has 0 radical (unpaired) electrons. The minimum Gasteiger partial charge on any atom is -0.444 e. The number of carbonyl (C=O) groups is 1. The number of fused-ring (bicyclic) bond motifs is 1. The first-order chi connectivity index (χ1) is 14.6. The quantitative estimate of drug-likeness (QED) is 0.323. The van der Waals surface area contributed by atoms with Crippen molar-refractivity contribution < 1.29 is 14.7 Å². The smallest absolute Gasteiger partial charge is 0.407 e. The summed E-state index contributed by atoms with van der Waals surface area (Å²) < 4.78 is 7.68. The minimum absolute atomic E-state index is 0.0247. The van der Waals surface area contributed by atoms with Gasteiger partial charge in [-0.25, -0.2) is 9.78 Å². The molecule has 2 heterocycles. The number of alkyl carbamates (subject to hydrolysis) is 1. The van der Waals surface area contributed by atoms with Crippen molar-refractivity contribution in [3.63, 3.8) is 0 Å². The number of hydrogen-bond donors (Lipinski definition) is 4. The van der Waals surface area contributed by atoms with E-state index in [0.717, 1.165) is 49.0 Å². The van der Waals surface area contributed by atoms with Gasteiger partial charge in [-0.05, 0) is 58.4 Å². The molecule has 1 aliphatic rings. The fourth-order valence-electron chi connectivity index (χ4n) is 4.16. The number of carbonyl (C=O) groups excluding carboxylic acids is 1. The number of rotatable bonds is 5. The van der Waals surface area contributed by atoms with Crippen LogP contribution in [0.2, 0.25) is 0 Å². The van der Waals surface area contributed by atoms with E-state index in [1.54, 1.807) is 12.3 Å². The molecule has 31 heavy (non-hydrogen) atoms. The lowest BCUT2D eigenvalue weighted by Gasteiger charge is -2.32. The second-order valence-electron chi connectivity index (χ2n) is 9.70. The first-order valence-electron chi connectivity index (χ1n) is 10.9. The van der Waals surface area contributed by atoms with Gasteiger partial charge in [-0.1, -0.05) is 13.8 Å². The predicted molar refractivity (Wildman–Crippen MR) is 118 cm³/mol. The molecule has 0 aliphatic heterocycles. The van der Waals surface area contributed by atoms with Gasteiger partial charge in [0, 0.05) is 18.5 Å². The first kappa shape index (κ1) is 23.0. The molecule has 4 N–H and O–H groups in total. The zero-order valence-corrected chi connectivity index (χ0v) is 19.0. The summed E-state index contributed by atoms with van der Waals surface area (Å²) in [6, 6.07) is 1.98.